The van der Waals surface area contributed by atoms with Gasteiger partial charge in [-0.3, -0.25) is 9.69 Å². The second-order valence-corrected chi connectivity index (χ2v) is 5.87. The summed E-state index contributed by atoms with van der Waals surface area (Å²) in [6, 6.07) is 18.0. The van der Waals surface area contributed by atoms with Crippen LogP contribution in [0.1, 0.15) is 17.2 Å². The molecule has 0 aliphatic carbocycles. The second-order valence-electron chi connectivity index (χ2n) is 5.87. The monoisotopic (exact) mass is 310 g/mol. The Kier molecular flexibility index (Phi) is 5.05. The Bertz CT molecular complexity index is 657. The Labute approximate surface area is 137 Å². The van der Waals surface area contributed by atoms with E-state index in [0.717, 1.165) is 29.9 Å². The lowest BCUT2D eigenvalue weighted by Crippen LogP contribution is -2.42. The van der Waals surface area contributed by atoms with Crippen molar-refractivity contribution in [1.82, 2.24) is 4.90 Å². The first kappa shape index (κ1) is 15.7. The van der Waals surface area contributed by atoms with Crippen LogP contribution in [0.25, 0.3) is 0 Å². The predicted octanol–water partition coefficient (Wildman–Crippen LogP) is 3.01. The van der Waals surface area contributed by atoms with Gasteiger partial charge < -0.3 is 10.1 Å². The highest BCUT2D eigenvalue weighted by atomic mass is 16.5. The number of anilines is 1. The van der Waals surface area contributed by atoms with Crippen LogP contribution in [-0.4, -0.2) is 37.0 Å². The normalized spacial score (nSPS) is 18.6. The Hall–Kier alpha value is -2.17. The van der Waals surface area contributed by atoms with Crippen molar-refractivity contribution in [2.45, 2.75) is 13.0 Å². The van der Waals surface area contributed by atoms with Gasteiger partial charge >= 0.3 is 0 Å². The van der Waals surface area contributed by atoms with Crippen LogP contribution in [0.2, 0.25) is 0 Å². The fraction of sp³-hybridized carbons (Fsp3) is 0.316. The van der Waals surface area contributed by atoms with Crippen molar-refractivity contribution < 1.29 is 9.53 Å². The molecule has 1 unspecified atom stereocenters. The highest BCUT2D eigenvalue weighted by Gasteiger charge is 2.23. The third-order valence-corrected chi connectivity index (χ3v) is 4.11. The number of rotatable bonds is 4. The summed E-state index contributed by atoms with van der Waals surface area (Å²) in [5, 5.41) is 2.99. The first-order valence-corrected chi connectivity index (χ1v) is 7.97. The minimum atomic E-state index is 0.0213. The smallest absolute Gasteiger partial charge is 0.238 e. The van der Waals surface area contributed by atoms with Crippen molar-refractivity contribution >= 4 is 11.6 Å². The van der Waals surface area contributed by atoms with E-state index in [2.05, 4.69) is 22.3 Å². The second kappa shape index (κ2) is 7.40. The number of benzene rings is 2. The van der Waals surface area contributed by atoms with Gasteiger partial charge in [0.05, 0.1) is 19.3 Å². The van der Waals surface area contributed by atoms with Crippen LogP contribution >= 0.6 is 0 Å². The van der Waals surface area contributed by atoms with Gasteiger partial charge in [-0.25, -0.2) is 0 Å². The van der Waals surface area contributed by atoms with E-state index in [0.29, 0.717) is 13.2 Å². The molecule has 2 aromatic carbocycles. The average molecular weight is 310 g/mol. The van der Waals surface area contributed by atoms with Gasteiger partial charge in [0.15, 0.2) is 0 Å². The number of hydrogen-bond acceptors (Lipinski definition) is 3. The fourth-order valence-corrected chi connectivity index (χ4v) is 2.82. The van der Waals surface area contributed by atoms with Gasteiger partial charge in [0.2, 0.25) is 5.91 Å². The molecule has 1 atom stereocenters. The predicted molar refractivity (Wildman–Crippen MR) is 91.4 cm³/mol. The van der Waals surface area contributed by atoms with Gasteiger partial charge in [0.1, 0.15) is 0 Å². The SMILES string of the molecule is Cc1ccccc1NC(=O)CN1CCOC(c2ccccc2)C1. The van der Waals surface area contributed by atoms with Crippen LogP contribution in [0.15, 0.2) is 54.6 Å². The highest BCUT2D eigenvalue weighted by molar-refractivity contribution is 5.92. The number of para-hydroxylation sites is 1. The van der Waals surface area contributed by atoms with E-state index >= 15 is 0 Å². The molecule has 4 heteroatoms. The van der Waals surface area contributed by atoms with Gasteiger partial charge in [0, 0.05) is 18.8 Å². The third-order valence-electron chi connectivity index (χ3n) is 4.11. The number of nitrogens with one attached hydrogen (secondary N) is 1. The van der Waals surface area contributed by atoms with Gasteiger partial charge in [-0.1, -0.05) is 48.5 Å². The highest BCUT2D eigenvalue weighted by Crippen LogP contribution is 2.22. The third kappa shape index (κ3) is 4.18. The number of amides is 1. The van der Waals surface area contributed by atoms with Crippen LogP contribution in [0.5, 0.6) is 0 Å². The molecule has 4 nitrogen and oxygen atoms in total. The molecule has 3 rings (SSSR count). The standard InChI is InChI=1S/C19H22N2O2/c1-15-7-5-6-10-17(15)20-19(22)14-21-11-12-23-18(13-21)16-8-3-2-4-9-16/h2-10,18H,11-14H2,1H3,(H,20,22). The largest absolute Gasteiger partial charge is 0.371 e. The maximum atomic E-state index is 12.3. The number of nitrogens with zero attached hydrogens (tertiary/aromatic N) is 1. The Morgan fingerprint density at radius 2 is 1.91 bits per heavy atom. The lowest BCUT2D eigenvalue weighted by atomic mass is 10.1. The molecule has 0 spiro atoms. The molecule has 0 aromatic heterocycles. The average Bonchev–Trinajstić information content (AvgIpc) is 2.58. The van der Waals surface area contributed by atoms with Crippen molar-refractivity contribution in [3.8, 4) is 0 Å². The lowest BCUT2D eigenvalue weighted by molar-refractivity contribution is -0.119. The van der Waals surface area contributed by atoms with Crippen molar-refractivity contribution in [1.29, 1.82) is 0 Å². The molecule has 1 heterocycles. The summed E-state index contributed by atoms with van der Waals surface area (Å²) in [6.07, 6.45) is 0.0382. The van der Waals surface area contributed by atoms with E-state index < -0.39 is 0 Å². The molecule has 2 aromatic rings. The Morgan fingerprint density at radius 1 is 1.17 bits per heavy atom. The number of morpholine rings is 1. The first-order valence-electron chi connectivity index (χ1n) is 7.97. The molecule has 1 aliphatic heterocycles. The summed E-state index contributed by atoms with van der Waals surface area (Å²) in [5.41, 5.74) is 3.12. The summed E-state index contributed by atoms with van der Waals surface area (Å²) >= 11 is 0. The quantitative estimate of drug-likeness (QED) is 0.944. The van der Waals surface area contributed by atoms with Crippen LogP contribution in [-0.2, 0) is 9.53 Å². The van der Waals surface area contributed by atoms with Crippen molar-refractivity contribution in [2.75, 3.05) is 31.6 Å². The number of ether oxygens (including phenoxy) is 1. The molecular formula is C19H22N2O2. The van der Waals surface area contributed by atoms with Gasteiger partial charge in [-0.15, -0.1) is 0 Å². The van der Waals surface area contributed by atoms with E-state index in [1.54, 1.807) is 0 Å². The molecule has 1 aliphatic rings. The summed E-state index contributed by atoms with van der Waals surface area (Å²) < 4.78 is 5.84. The maximum Gasteiger partial charge on any atom is 0.238 e. The van der Waals surface area contributed by atoms with Crippen molar-refractivity contribution in [3.63, 3.8) is 0 Å². The molecule has 120 valence electrons. The van der Waals surface area contributed by atoms with E-state index in [1.165, 1.54) is 0 Å². The van der Waals surface area contributed by atoms with E-state index in [9.17, 15) is 4.79 Å². The van der Waals surface area contributed by atoms with Crippen LogP contribution in [0.4, 0.5) is 5.69 Å². The molecule has 1 saturated heterocycles. The molecular weight excluding hydrogens is 288 g/mol. The van der Waals surface area contributed by atoms with Crippen molar-refractivity contribution in [2.24, 2.45) is 0 Å². The fourth-order valence-electron chi connectivity index (χ4n) is 2.82. The zero-order chi connectivity index (χ0) is 16.1. The van der Waals surface area contributed by atoms with Crippen LogP contribution < -0.4 is 5.32 Å². The van der Waals surface area contributed by atoms with Gasteiger partial charge in [0.25, 0.3) is 0 Å². The Balaban J connectivity index is 1.57. The molecule has 1 amide bonds. The summed E-state index contributed by atoms with van der Waals surface area (Å²) in [5.74, 6) is 0.0213. The van der Waals surface area contributed by atoms with E-state index in [1.807, 2.05) is 49.4 Å². The van der Waals surface area contributed by atoms with Crippen molar-refractivity contribution in [3.05, 3.63) is 65.7 Å². The lowest BCUT2D eigenvalue weighted by Gasteiger charge is -2.32. The molecule has 0 saturated carbocycles. The zero-order valence-corrected chi connectivity index (χ0v) is 13.4. The molecule has 23 heavy (non-hydrogen) atoms. The van der Waals surface area contributed by atoms with Crippen LogP contribution in [0, 0.1) is 6.92 Å². The van der Waals surface area contributed by atoms with E-state index in [4.69, 9.17) is 4.74 Å². The minimum absolute atomic E-state index is 0.0213. The summed E-state index contributed by atoms with van der Waals surface area (Å²) in [7, 11) is 0. The topological polar surface area (TPSA) is 41.6 Å². The number of hydrogen-bond donors (Lipinski definition) is 1. The minimum Gasteiger partial charge on any atom is -0.371 e. The molecule has 0 radical (unpaired) electrons. The first-order chi connectivity index (χ1) is 11.2. The van der Waals surface area contributed by atoms with Gasteiger partial charge in [-0.05, 0) is 24.1 Å². The Morgan fingerprint density at radius 3 is 2.70 bits per heavy atom. The van der Waals surface area contributed by atoms with Gasteiger partial charge in [-0.2, -0.15) is 0 Å². The zero-order valence-electron chi connectivity index (χ0n) is 13.4. The number of carbonyl (C=O) groups excluding carboxylic acids is 1. The molecule has 0 bridgehead atoms. The molecule has 1 N–H and O–H groups in total. The van der Waals surface area contributed by atoms with E-state index in [-0.39, 0.29) is 12.0 Å². The summed E-state index contributed by atoms with van der Waals surface area (Å²) in [6.45, 7) is 4.56. The maximum absolute atomic E-state index is 12.3. The van der Waals surface area contributed by atoms with Crippen LogP contribution in [0.3, 0.4) is 0 Å². The summed E-state index contributed by atoms with van der Waals surface area (Å²) in [4.78, 5) is 14.4. The molecule has 1 fully saturated rings. The number of aryl methyl sites for hydroxylation is 1. The number of carbonyl (C=O) groups is 1.